The number of aryl methyl sites for hydroxylation is 2. The summed E-state index contributed by atoms with van der Waals surface area (Å²) < 4.78 is 0. The van der Waals surface area contributed by atoms with E-state index in [1.54, 1.807) is 0 Å². The molecular weight excluding hydrogens is 254 g/mol. The van der Waals surface area contributed by atoms with Crippen LogP contribution in [0.2, 0.25) is 0 Å². The van der Waals surface area contributed by atoms with Gasteiger partial charge >= 0.3 is 5.97 Å². The highest BCUT2D eigenvalue weighted by Gasteiger charge is 2.34. The first-order chi connectivity index (χ1) is 9.49. The lowest BCUT2D eigenvalue weighted by Crippen LogP contribution is -2.34. The molecule has 0 heterocycles. The maximum atomic E-state index is 12.3. The normalized spacial score (nSPS) is 21.5. The minimum absolute atomic E-state index is 0.213. The van der Waals surface area contributed by atoms with Gasteiger partial charge in [-0.3, -0.25) is 9.59 Å². The first-order valence-corrected chi connectivity index (χ1v) is 6.75. The van der Waals surface area contributed by atoms with Gasteiger partial charge in [-0.05, 0) is 43.9 Å². The molecule has 4 heteroatoms. The van der Waals surface area contributed by atoms with Crippen LogP contribution in [0.15, 0.2) is 30.4 Å². The second kappa shape index (κ2) is 5.90. The van der Waals surface area contributed by atoms with Crippen molar-refractivity contribution in [2.75, 3.05) is 5.32 Å². The summed E-state index contributed by atoms with van der Waals surface area (Å²) in [5.74, 6) is -2.26. The number of hydrogen-bond acceptors (Lipinski definition) is 2. The Morgan fingerprint density at radius 3 is 2.45 bits per heavy atom. The Balaban J connectivity index is 2.16. The molecule has 1 aromatic carbocycles. The van der Waals surface area contributed by atoms with Crippen LogP contribution in [0.1, 0.15) is 24.0 Å². The molecule has 1 aliphatic rings. The van der Waals surface area contributed by atoms with E-state index in [1.165, 1.54) is 0 Å². The van der Waals surface area contributed by atoms with Crippen LogP contribution in [-0.2, 0) is 9.59 Å². The maximum absolute atomic E-state index is 12.3. The standard InChI is InChI=1S/C16H19NO3/c1-10-7-8-11(2)14(9-10)17-15(18)12-5-3-4-6-13(12)16(19)20/h3-4,7-9,12-13H,5-6H2,1-2H3,(H,17,18)(H,19,20)/t12-,13-/m1/s1. The topological polar surface area (TPSA) is 66.4 Å². The maximum Gasteiger partial charge on any atom is 0.307 e. The van der Waals surface area contributed by atoms with Crippen LogP contribution >= 0.6 is 0 Å². The molecule has 1 aliphatic carbocycles. The van der Waals surface area contributed by atoms with E-state index in [9.17, 15) is 14.7 Å². The number of aliphatic carboxylic acids is 1. The number of carboxylic acids is 1. The number of carboxylic acid groups (broad SMARTS) is 1. The van der Waals surface area contributed by atoms with Crippen LogP contribution in [0, 0.1) is 25.7 Å². The molecule has 4 nitrogen and oxygen atoms in total. The molecule has 0 aliphatic heterocycles. The van der Waals surface area contributed by atoms with Crippen molar-refractivity contribution in [3.05, 3.63) is 41.5 Å². The number of rotatable bonds is 3. The molecule has 1 amide bonds. The highest BCUT2D eigenvalue weighted by Crippen LogP contribution is 2.28. The largest absolute Gasteiger partial charge is 0.481 e. The number of anilines is 1. The first-order valence-electron chi connectivity index (χ1n) is 6.75. The third-order valence-corrected chi connectivity index (χ3v) is 3.74. The zero-order valence-electron chi connectivity index (χ0n) is 11.7. The summed E-state index contributed by atoms with van der Waals surface area (Å²) in [6.45, 7) is 3.88. The molecule has 0 unspecified atom stereocenters. The molecule has 0 bridgehead atoms. The molecule has 2 N–H and O–H groups in total. The fourth-order valence-electron chi connectivity index (χ4n) is 2.47. The summed E-state index contributed by atoms with van der Waals surface area (Å²) >= 11 is 0. The summed E-state index contributed by atoms with van der Waals surface area (Å²) in [5.41, 5.74) is 2.79. The van der Waals surface area contributed by atoms with Gasteiger partial charge in [0.15, 0.2) is 0 Å². The number of carbonyl (C=O) groups excluding carboxylic acids is 1. The van der Waals surface area contributed by atoms with Crippen molar-refractivity contribution in [3.8, 4) is 0 Å². The molecule has 0 aromatic heterocycles. The van der Waals surface area contributed by atoms with Gasteiger partial charge in [-0.2, -0.15) is 0 Å². The minimum Gasteiger partial charge on any atom is -0.481 e. The van der Waals surface area contributed by atoms with E-state index in [4.69, 9.17) is 0 Å². The van der Waals surface area contributed by atoms with Gasteiger partial charge in [0.05, 0.1) is 11.8 Å². The lowest BCUT2D eigenvalue weighted by molar-refractivity contribution is -0.146. The summed E-state index contributed by atoms with van der Waals surface area (Å²) in [6, 6.07) is 5.83. The molecule has 106 valence electrons. The predicted molar refractivity (Wildman–Crippen MR) is 77.5 cm³/mol. The Bertz CT molecular complexity index is 563. The van der Waals surface area contributed by atoms with Crippen molar-refractivity contribution in [2.45, 2.75) is 26.7 Å². The lowest BCUT2D eigenvalue weighted by Gasteiger charge is -2.24. The zero-order valence-corrected chi connectivity index (χ0v) is 11.7. The molecule has 0 spiro atoms. The first kappa shape index (κ1) is 14.3. The van der Waals surface area contributed by atoms with E-state index in [0.717, 1.165) is 16.8 Å². The highest BCUT2D eigenvalue weighted by atomic mass is 16.4. The van der Waals surface area contributed by atoms with E-state index in [1.807, 2.05) is 44.2 Å². The molecule has 2 atom stereocenters. The van der Waals surface area contributed by atoms with E-state index in [2.05, 4.69) is 5.32 Å². The van der Waals surface area contributed by atoms with Gasteiger partial charge in [0, 0.05) is 5.69 Å². The second-order valence-corrected chi connectivity index (χ2v) is 5.30. The molecule has 1 aromatic rings. The fourth-order valence-corrected chi connectivity index (χ4v) is 2.47. The highest BCUT2D eigenvalue weighted by molar-refractivity contribution is 5.96. The Morgan fingerprint density at radius 2 is 1.80 bits per heavy atom. The van der Waals surface area contributed by atoms with Crippen LogP contribution in [-0.4, -0.2) is 17.0 Å². The number of carbonyl (C=O) groups is 2. The van der Waals surface area contributed by atoms with Gasteiger partial charge in [-0.1, -0.05) is 24.3 Å². The molecular formula is C16H19NO3. The van der Waals surface area contributed by atoms with Crippen molar-refractivity contribution < 1.29 is 14.7 Å². The van der Waals surface area contributed by atoms with E-state index < -0.39 is 17.8 Å². The quantitative estimate of drug-likeness (QED) is 0.832. The Kier molecular flexibility index (Phi) is 4.23. The average Bonchev–Trinajstić information content (AvgIpc) is 2.42. The fraction of sp³-hybridized carbons (Fsp3) is 0.375. The third kappa shape index (κ3) is 3.07. The summed E-state index contributed by atoms with van der Waals surface area (Å²) in [7, 11) is 0. The number of nitrogens with one attached hydrogen (secondary N) is 1. The number of amides is 1. The van der Waals surface area contributed by atoms with E-state index >= 15 is 0 Å². The second-order valence-electron chi connectivity index (χ2n) is 5.30. The molecule has 0 saturated carbocycles. The Morgan fingerprint density at radius 1 is 1.15 bits per heavy atom. The van der Waals surface area contributed by atoms with Gasteiger partial charge in [0.2, 0.25) is 5.91 Å². The predicted octanol–water partition coefficient (Wildman–Crippen LogP) is 2.91. The molecule has 0 fully saturated rings. The summed E-state index contributed by atoms with van der Waals surface area (Å²) in [4.78, 5) is 23.6. The van der Waals surface area contributed by atoms with Gasteiger partial charge in [-0.25, -0.2) is 0 Å². The smallest absolute Gasteiger partial charge is 0.307 e. The Hall–Kier alpha value is -2.10. The van der Waals surface area contributed by atoms with Crippen LogP contribution in [0.5, 0.6) is 0 Å². The van der Waals surface area contributed by atoms with Crippen LogP contribution in [0.4, 0.5) is 5.69 Å². The average molecular weight is 273 g/mol. The number of hydrogen-bond donors (Lipinski definition) is 2. The number of allylic oxidation sites excluding steroid dienone is 2. The minimum atomic E-state index is -0.907. The Labute approximate surface area is 118 Å². The van der Waals surface area contributed by atoms with Gasteiger partial charge < -0.3 is 10.4 Å². The monoisotopic (exact) mass is 273 g/mol. The van der Waals surface area contributed by atoms with Gasteiger partial charge in [0.25, 0.3) is 0 Å². The molecule has 0 saturated heterocycles. The van der Waals surface area contributed by atoms with Crippen molar-refractivity contribution in [2.24, 2.45) is 11.8 Å². The number of benzene rings is 1. The van der Waals surface area contributed by atoms with Crippen LogP contribution in [0.25, 0.3) is 0 Å². The van der Waals surface area contributed by atoms with Gasteiger partial charge in [0.1, 0.15) is 0 Å². The van der Waals surface area contributed by atoms with Crippen molar-refractivity contribution in [1.29, 1.82) is 0 Å². The van der Waals surface area contributed by atoms with Crippen LogP contribution < -0.4 is 5.32 Å². The van der Waals surface area contributed by atoms with E-state index in [-0.39, 0.29) is 5.91 Å². The van der Waals surface area contributed by atoms with Crippen molar-refractivity contribution >= 4 is 17.6 Å². The SMILES string of the molecule is Cc1ccc(C)c(NC(=O)[C@@H]2CC=CC[C@H]2C(=O)O)c1. The molecule has 20 heavy (non-hydrogen) atoms. The van der Waals surface area contributed by atoms with Crippen molar-refractivity contribution in [1.82, 2.24) is 0 Å². The van der Waals surface area contributed by atoms with Gasteiger partial charge in [-0.15, -0.1) is 0 Å². The molecule has 0 radical (unpaired) electrons. The lowest BCUT2D eigenvalue weighted by atomic mass is 9.82. The summed E-state index contributed by atoms with van der Waals surface area (Å²) in [5, 5.41) is 12.1. The summed E-state index contributed by atoms with van der Waals surface area (Å²) in [6.07, 6.45) is 4.61. The van der Waals surface area contributed by atoms with Crippen molar-refractivity contribution in [3.63, 3.8) is 0 Å². The van der Waals surface area contributed by atoms with E-state index in [0.29, 0.717) is 12.8 Å². The zero-order chi connectivity index (χ0) is 14.7. The third-order valence-electron chi connectivity index (χ3n) is 3.74. The van der Waals surface area contributed by atoms with Crippen LogP contribution in [0.3, 0.4) is 0 Å². The molecule has 2 rings (SSSR count).